The van der Waals surface area contributed by atoms with Gasteiger partial charge in [-0.2, -0.15) is 0 Å². The van der Waals surface area contributed by atoms with Crippen LogP contribution in [0.4, 0.5) is 0 Å². The van der Waals surface area contributed by atoms with Gasteiger partial charge in [-0.3, -0.25) is 4.79 Å². The Morgan fingerprint density at radius 1 is 1.19 bits per heavy atom. The smallest absolute Gasteiger partial charge is 0.185 e. The van der Waals surface area contributed by atoms with Crippen molar-refractivity contribution in [3.8, 4) is 0 Å². The molecule has 0 amide bonds. The number of ketones is 1. The van der Waals surface area contributed by atoms with Crippen LogP contribution < -0.4 is 0 Å². The Balaban J connectivity index is 2.00. The van der Waals surface area contributed by atoms with Gasteiger partial charge in [-0.1, -0.05) is 60.7 Å². The van der Waals surface area contributed by atoms with Gasteiger partial charge in [0.05, 0.1) is 0 Å². The number of allylic oxidation sites excluding steroid dienone is 6. The minimum absolute atomic E-state index is 0.0727. The number of carbonyl (C=O) groups is 1. The van der Waals surface area contributed by atoms with Crippen LogP contribution in [0.2, 0.25) is 0 Å². The highest BCUT2D eigenvalue weighted by Gasteiger charge is 2.03. The first-order valence-corrected chi connectivity index (χ1v) is 5.47. The second kappa shape index (κ2) is 5.26. The molecule has 0 aromatic heterocycles. The van der Waals surface area contributed by atoms with Gasteiger partial charge in [0.1, 0.15) is 0 Å². The molecule has 80 valence electrons. The summed E-state index contributed by atoms with van der Waals surface area (Å²) in [6.07, 6.45) is 12.9. The van der Waals surface area contributed by atoms with Gasteiger partial charge in [-0.15, -0.1) is 0 Å². The Bertz CT molecular complexity index is 438. The predicted octanol–water partition coefficient (Wildman–Crippen LogP) is 3.56. The number of hydrogen-bond acceptors (Lipinski definition) is 1. The van der Waals surface area contributed by atoms with Crippen molar-refractivity contribution in [3.05, 3.63) is 72.4 Å². The normalized spacial score (nSPS) is 19.1. The van der Waals surface area contributed by atoms with Crippen LogP contribution in [0.5, 0.6) is 0 Å². The van der Waals surface area contributed by atoms with Crippen LogP contribution in [0.1, 0.15) is 16.8 Å². The zero-order valence-corrected chi connectivity index (χ0v) is 9.04. The zero-order valence-electron chi connectivity index (χ0n) is 9.04. The lowest BCUT2D eigenvalue weighted by Gasteiger charge is -2.06. The van der Waals surface area contributed by atoms with Crippen LogP contribution in [0.15, 0.2) is 66.8 Å². The van der Waals surface area contributed by atoms with Gasteiger partial charge in [0.2, 0.25) is 0 Å². The molecule has 0 saturated heterocycles. The third-order valence-electron chi connectivity index (χ3n) is 2.57. The molecule has 1 aliphatic carbocycles. The van der Waals surface area contributed by atoms with Crippen LogP contribution in [-0.2, 0) is 0 Å². The Hall–Kier alpha value is -1.89. The molecule has 0 N–H and O–H groups in total. The molecule has 0 radical (unpaired) electrons. The van der Waals surface area contributed by atoms with Gasteiger partial charge in [-0.25, -0.2) is 0 Å². The molecule has 0 fully saturated rings. The third kappa shape index (κ3) is 2.80. The first-order chi connectivity index (χ1) is 7.86. The molecule has 1 aromatic rings. The molecule has 0 heterocycles. The molecule has 0 aliphatic heterocycles. The Morgan fingerprint density at radius 3 is 2.69 bits per heavy atom. The molecule has 1 nitrogen and oxygen atoms in total. The van der Waals surface area contributed by atoms with E-state index in [9.17, 15) is 4.79 Å². The summed E-state index contributed by atoms with van der Waals surface area (Å²) in [6, 6.07) is 9.34. The molecule has 2 rings (SSSR count). The van der Waals surface area contributed by atoms with Gasteiger partial charge in [-0.05, 0) is 18.4 Å². The predicted molar refractivity (Wildman–Crippen MR) is 66.3 cm³/mol. The maximum Gasteiger partial charge on any atom is 0.185 e. The zero-order chi connectivity index (χ0) is 11.2. The maximum absolute atomic E-state index is 11.8. The van der Waals surface area contributed by atoms with Gasteiger partial charge in [0.25, 0.3) is 0 Å². The quantitative estimate of drug-likeness (QED) is 0.550. The van der Waals surface area contributed by atoms with Crippen molar-refractivity contribution in [2.45, 2.75) is 6.42 Å². The third-order valence-corrected chi connectivity index (χ3v) is 2.57. The van der Waals surface area contributed by atoms with Crippen molar-refractivity contribution in [1.82, 2.24) is 0 Å². The van der Waals surface area contributed by atoms with E-state index in [1.165, 1.54) is 0 Å². The van der Waals surface area contributed by atoms with E-state index in [0.29, 0.717) is 5.92 Å². The van der Waals surface area contributed by atoms with Crippen LogP contribution in [-0.4, -0.2) is 5.78 Å². The largest absolute Gasteiger partial charge is 0.289 e. The average molecular weight is 210 g/mol. The summed E-state index contributed by atoms with van der Waals surface area (Å²) in [5.74, 6) is 0.432. The standard InChI is InChI=1S/C15H14O/c16-15(14-9-5-2-6-10-14)12-11-13-7-3-1-4-8-13/h1-7,9-13H,8H2. The van der Waals surface area contributed by atoms with Crippen molar-refractivity contribution in [2.24, 2.45) is 5.92 Å². The van der Waals surface area contributed by atoms with Crippen LogP contribution >= 0.6 is 0 Å². The monoisotopic (exact) mass is 210 g/mol. The van der Waals surface area contributed by atoms with E-state index in [1.54, 1.807) is 6.08 Å². The SMILES string of the molecule is O=C(C=CC1C=CC=CC1)c1ccccc1. The summed E-state index contributed by atoms with van der Waals surface area (Å²) in [4.78, 5) is 11.8. The van der Waals surface area contributed by atoms with Gasteiger partial charge in [0.15, 0.2) is 5.78 Å². The summed E-state index contributed by atoms with van der Waals surface area (Å²) in [5.41, 5.74) is 0.745. The minimum atomic E-state index is 0.0727. The summed E-state index contributed by atoms with van der Waals surface area (Å²) in [7, 11) is 0. The van der Waals surface area contributed by atoms with E-state index in [4.69, 9.17) is 0 Å². The van der Waals surface area contributed by atoms with E-state index in [1.807, 2.05) is 48.6 Å². The number of carbonyl (C=O) groups excluding carboxylic acids is 1. The Kier molecular flexibility index (Phi) is 3.50. The highest BCUT2D eigenvalue weighted by molar-refractivity contribution is 6.04. The molecule has 0 bridgehead atoms. The molecule has 1 aliphatic rings. The van der Waals surface area contributed by atoms with E-state index in [2.05, 4.69) is 12.2 Å². The lowest BCUT2D eigenvalue weighted by Crippen LogP contribution is -1.97. The van der Waals surface area contributed by atoms with Crippen LogP contribution in [0, 0.1) is 5.92 Å². The molecule has 1 atom stereocenters. The van der Waals surface area contributed by atoms with Crippen molar-refractivity contribution >= 4 is 5.78 Å². The maximum atomic E-state index is 11.8. The second-order valence-corrected chi connectivity index (χ2v) is 3.80. The lowest BCUT2D eigenvalue weighted by atomic mass is 9.99. The first kappa shape index (κ1) is 10.6. The highest BCUT2D eigenvalue weighted by atomic mass is 16.1. The van der Waals surface area contributed by atoms with Gasteiger partial charge >= 0.3 is 0 Å². The molecule has 1 unspecified atom stereocenters. The molecule has 16 heavy (non-hydrogen) atoms. The fourth-order valence-electron chi connectivity index (χ4n) is 1.65. The number of benzene rings is 1. The van der Waals surface area contributed by atoms with Crippen molar-refractivity contribution in [1.29, 1.82) is 0 Å². The Labute approximate surface area is 95.8 Å². The second-order valence-electron chi connectivity index (χ2n) is 3.80. The fraction of sp³-hybridized carbons (Fsp3) is 0.133. The average Bonchev–Trinajstić information content (AvgIpc) is 2.38. The molecule has 1 heteroatoms. The van der Waals surface area contributed by atoms with Crippen LogP contribution in [0.25, 0.3) is 0 Å². The highest BCUT2D eigenvalue weighted by Crippen LogP contribution is 2.13. The summed E-state index contributed by atoms with van der Waals surface area (Å²) in [5, 5.41) is 0. The molecular weight excluding hydrogens is 196 g/mol. The van der Waals surface area contributed by atoms with E-state index in [0.717, 1.165) is 12.0 Å². The van der Waals surface area contributed by atoms with Crippen LogP contribution in [0.3, 0.4) is 0 Å². The van der Waals surface area contributed by atoms with E-state index >= 15 is 0 Å². The molecule has 0 spiro atoms. The van der Waals surface area contributed by atoms with Crippen molar-refractivity contribution < 1.29 is 4.79 Å². The van der Waals surface area contributed by atoms with Crippen molar-refractivity contribution in [3.63, 3.8) is 0 Å². The number of rotatable bonds is 3. The molecular formula is C15H14O. The van der Waals surface area contributed by atoms with Gasteiger partial charge < -0.3 is 0 Å². The topological polar surface area (TPSA) is 17.1 Å². The summed E-state index contributed by atoms with van der Waals surface area (Å²) < 4.78 is 0. The number of hydrogen-bond donors (Lipinski definition) is 0. The van der Waals surface area contributed by atoms with E-state index in [-0.39, 0.29) is 5.78 Å². The summed E-state index contributed by atoms with van der Waals surface area (Å²) in [6.45, 7) is 0. The molecule has 1 aromatic carbocycles. The fourth-order valence-corrected chi connectivity index (χ4v) is 1.65. The van der Waals surface area contributed by atoms with E-state index < -0.39 is 0 Å². The summed E-state index contributed by atoms with van der Waals surface area (Å²) >= 11 is 0. The Morgan fingerprint density at radius 2 is 2.00 bits per heavy atom. The lowest BCUT2D eigenvalue weighted by molar-refractivity contribution is 0.104. The van der Waals surface area contributed by atoms with Crippen molar-refractivity contribution in [2.75, 3.05) is 0 Å². The minimum Gasteiger partial charge on any atom is -0.289 e. The molecule has 0 saturated carbocycles. The van der Waals surface area contributed by atoms with Gasteiger partial charge in [0, 0.05) is 5.56 Å². The first-order valence-electron chi connectivity index (χ1n) is 5.47.